The Bertz CT molecular complexity index is 743. The van der Waals surface area contributed by atoms with E-state index in [2.05, 4.69) is 9.99 Å². The van der Waals surface area contributed by atoms with Crippen LogP contribution < -0.4 is 4.74 Å². The third-order valence-electron chi connectivity index (χ3n) is 3.13. The molecule has 0 heterocycles. The number of aryl methyl sites for hydroxylation is 1. The van der Waals surface area contributed by atoms with Gasteiger partial charge in [0, 0.05) is 5.56 Å². The second-order valence-corrected chi connectivity index (χ2v) is 5.21. The van der Waals surface area contributed by atoms with E-state index >= 15 is 0 Å². The molecule has 0 amide bonds. The zero-order valence-corrected chi connectivity index (χ0v) is 13.5. The van der Waals surface area contributed by atoms with Gasteiger partial charge in [-0.2, -0.15) is 0 Å². The van der Waals surface area contributed by atoms with Gasteiger partial charge in [0.05, 0.1) is 5.02 Å². The molecule has 0 aromatic heterocycles. The first kappa shape index (κ1) is 16.8. The fourth-order valence-corrected chi connectivity index (χ4v) is 2.34. The van der Waals surface area contributed by atoms with Gasteiger partial charge in [-0.15, -0.1) is 0 Å². The van der Waals surface area contributed by atoms with Crippen LogP contribution in [-0.4, -0.2) is 23.9 Å². The van der Waals surface area contributed by atoms with Crippen molar-refractivity contribution in [2.24, 2.45) is 5.16 Å². The largest absolute Gasteiger partial charge is 0.487 e. The van der Waals surface area contributed by atoms with E-state index in [1.165, 1.54) is 7.11 Å². The predicted molar refractivity (Wildman–Crippen MR) is 88.1 cm³/mol. The number of carbonyl (C=O) groups is 1. The van der Waals surface area contributed by atoms with Crippen LogP contribution in [0.2, 0.25) is 5.02 Å². The van der Waals surface area contributed by atoms with E-state index in [1.54, 1.807) is 36.4 Å². The van der Waals surface area contributed by atoms with Crippen molar-refractivity contribution in [3.8, 4) is 5.75 Å². The molecule has 5 nitrogen and oxygen atoms in total. The van der Waals surface area contributed by atoms with Crippen LogP contribution in [0.25, 0.3) is 0 Å². The number of benzene rings is 2. The van der Waals surface area contributed by atoms with Crippen LogP contribution in [0.5, 0.6) is 5.75 Å². The quantitative estimate of drug-likeness (QED) is 0.647. The van der Waals surface area contributed by atoms with Gasteiger partial charge in [0.1, 0.15) is 19.5 Å². The lowest BCUT2D eigenvalue weighted by molar-refractivity contribution is -0.129. The van der Waals surface area contributed by atoms with Crippen molar-refractivity contribution in [3.05, 3.63) is 64.2 Å². The Balaban J connectivity index is 2.27. The molecule has 0 aliphatic rings. The summed E-state index contributed by atoms with van der Waals surface area (Å²) in [7, 11) is 1.30. The minimum atomic E-state index is -1.17. The molecule has 0 spiro atoms. The molecule has 0 fully saturated rings. The maximum Gasteiger partial charge on any atom is 0.358 e. The van der Waals surface area contributed by atoms with Crippen LogP contribution >= 0.6 is 11.6 Å². The van der Waals surface area contributed by atoms with E-state index in [1.807, 2.05) is 13.0 Å². The van der Waals surface area contributed by atoms with Crippen molar-refractivity contribution in [3.63, 3.8) is 0 Å². The second kappa shape index (κ2) is 7.65. The van der Waals surface area contributed by atoms with Gasteiger partial charge >= 0.3 is 5.97 Å². The molecule has 1 N–H and O–H groups in total. The van der Waals surface area contributed by atoms with Crippen LogP contribution in [0.3, 0.4) is 0 Å². The lowest BCUT2D eigenvalue weighted by Gasteiger charge is -2.12. The smallest absolute Gasteiger partial charge is 0.358 e. The van der Waals surface area contributed by atoms with Crippen molar-refractivity contribution < 1.29 is 19.5 Å². The number of hydrogen-bond donors (Lipinski definition) is 1. The Morgan fingerprint density at radius 2 is 2.00 bits per heavy atom. The number of rotatable bonds is 6. The van der Waals surface area contributed by atoms with E-state index in [0.29, 0.717) is 21.9 Å². The molecule has 0 saturated heterocycles. The third kappa shape index (κ3) is 4.23. The summed E-state index contributed by atoms with van der Waals surface area (Å²) in [6.45, 7) is 2.10. The highest BCUT2D eigenvalue weighted by Gasteiger charge is 2.17. The molecule has 2 rings (SSSR count). The van der Waals surface area contributed by atoms with E-state index in [-0.39, 0.29) is 12.3 Å². The van der Waals surface area contributed by atoms with Gasteiger partial charge in [0.15, 0.2) is 5.71 Å². The van der Waals surface area contributed by atoms with Gasteiger partial charge in [0.25, 0.3) is 0 Å². The van der Waals surface area contributed by atoms with Crippen LogP contribution in [0.1, 0.15) is 16.7 Å². The molecule has 0 unspecified atom stereocenters. The topological polar surface area (TPSA) is 68.1 Å². The molecule has 2 aromatic carbocycles. The first-order valence-corrected chi connectivity index (χ1v) is 7.22. The number of oxime groups is 1. The first-order valence-electron chi connectivity index (χ1n) is 6.84. The average molecular weight is 334 g/mol. The normalized spacial score (nSPS) is 11.2. The molecule has 0 aliphatic heterocycles. The van der Waals surface area contributed by atoms with Crippen molar-refractivity contribution >= 4 is 23.3 Å². The minimum absolute atomic E-state index is 0.162. The lowest BCUT2D eigenvalue weighted by Crippen LogP contribution is -2.17. The number of halogens is 1. The Morgan fingerprint density at radius 3 is 2.65 bits per heavy atom. The highest BCUT2D eigenvalue weighted by molar-refractivity contribution is 6.42. The van der Waals surface area contributed by atoms with Gasteiger partial charge in [-0.25, -0.2) is 4.79 Å². The number of nitrogens with zero attached hydrogens (tertiary/aromatic N) is 1. The van der Waals surface area contributed by atoms with E-state index in [9.17, 15) is 9.90 Å². The summed E-state index contributed by atoms with van der Waals surface area (Å²) < 4.78 is 5.71. The number of hydrogen-bond acceptors (Lipinski definition) is 4. The van der Waals surface area contributed by atoms with Crippen LogP contribution in [0, 0.1) is 6.92 Å². The second-order valence-electron chi connectivity index (χ2n) is 4.81. The monoisotopic (exact) mass is 333 g/mol. The molecule has 0 atom stereocenters. The molecule has 2 aromatic rings. The van der Waals surface area contributed by atoms with E-state index in [4.69, 9.17) is 16.3 Å². The SMILES string of the molecule is CON=C(C(=O)O)c1ccccc1COc1ccc(C)cc1Cl. The maximum atomic E-state index is 11.3. The van der Waals surface area contributed by atoms with Crippen LogP contribution in [0.4, 0.5) is 0 Å². The number of ether oxygens (including phenoxy) is 1. The van der Waals surface area contributed by atoms with Gasteiger partial charge in [-0.1, -0.05) is 47.1 Å². The fraction of sp³-hybridized carbons (Fsp3) is 0.176. The Labute approximate surface area is 139 Å². The molecule has 0 saturated carbocycles. The van der Waals surface area contributed by atoms with Crippen LogP contribution in [0.15, 0.2) is 47.6 Å². The molecule has 120 valence electrons. The zero-order chi connectivity index (χ0) is 16.8. The highest BCUT2D eigenvalue weighted by Crippen LogP contribution is 2.26. The molecule has 6 heteroatoms. The van der Waals surface area contributed by atoms with Gasteiger partial charge in [-0.3, -0.25) is 0 Å². The maximum absolute atomic E-state index is 11.3. The standard InChI is InChI=1S/C17H16ClNO4/c1-11-7-8-15(14(18)9-11)23-10-12-5-3-4-6-13(12)16(17(20)21)19-22-2/h3-9H,10H2,1-2H3,(H,20,21). The molecular weight excluding hydrogens is 318 g/mol. The number of carboxylic acids is 1. The minimum Gasteiger partial charge on any atom is -0.487 e. The van der Waals surface area contributed by atoms with Crippen molar-refractivity contribution in [2.75, 3.05) is 7.11 Å². The van der Waals surface area contributed by atoms with E-state index < -0.39 is 5.97 Å². The number of aliphatic carboxylic acids is 1. The average Bonchev–Trinajstić information content (AvgIpc) is 2.52. The molecule has 0 radical (unpaired) electrons. The van der Waals surface area contributed by atoms with Gasteiger partial charge in [0.2, 0.25) is 0 Å². The highest BCUT2D eigenvalue weighted by atomic mass is 35.5. The summed E-state index contributed by atoms with van der Waals surface area (Å²) in [6, 6.07) is 12.4. The summed E-state index contributed by atoms with van der Waals surface area (Å²) in [5, 5.41) is 13.3. The Hall–Kier alpha value is -2.53. The Morgan fingerprint density at radius 1 is 1.26 bits per heavy atom. The summed E-state index contributed by atoms with van der Waals surface area (Å²) in [6.07, 6.45) is 0. The van der Waals surface area contributed by atoms with Gasteiger partial charge in [-0.05, 0) is 30.2 Å². The summed E-state index contributed by atoms with van der Waals surface area (Å²) in [5.41, 5.74) is 1.96. The lowest BCUT2D eigenvalue weighted by atomic mass is 10.0. The number of carboxylic acid groups (broad SMARTS) is 1. The molecule has 0 bridgehead atoms. The van der Waals surface area contributed by atoms with Crippen molar-refractivity contribution in [1.82, 2.24) is 0 Å². The van der Waals surface area contributed by atoms with E-state index in [0.717, 1.165) is 5.56 Å². The molecule has 0 aliphatic carbocycles. The Kier molecular flexibility index (Phi) is 5.60. The predicted octanol–water partition coefficient (Wildman–Crippen LogP) is 3.66. The summed E-state index contributed by atoms with van der Waals surface area (Å²) in [4.78, 5) is 16.0. The zero-order valence-electron chi connectivity index (χ0n) is 12.7. The third-order valence-corrected chi connectivity index (χ3v) is 3.42. The van der Waals surface area contributed by atoms with Crippen LogP contribution in [-0.2, 0) is 16.2 Å². The summed E-state index contributed by atoms with van der Waals surface area (Å²) in [5.74, 6) is -0.639. The summed E-state index contributed by atoms with van der Waals surface area (Å²) >= 11 is 6.14. The fourth-order valence-electron chi connectivity index (χ4n) is 2.05. The van der Waals surface area contributed by atoms with Crippen molar-refractivity contribution in [2.45, 2.75) is 13.5 Å². The molecule has 23 heavy (non-hydrogen) atoms. The van der Waals surface area contributed by atoms with Crippen molar-refractivity contribution in [1.29, 1.82) is 0 Å². The first-order chi connectivity index (χ1) is 11.0. The van der Waals surface area contributed by atoms with Gasteiger partial charge < -0.3 is 14.7 Å². The molecular formula is C17H16ClNO4.